The maximum atomic E-state index is 10.7. The summed E-state index contributed by atoms with van der Waals surface area (Å²) in [4.78, 5) is 12.7. The fourth-order valence-electron chi connectivity index (χ4n) is 2.06. The molecule has 0 unspecified atom stereocenters. The van der Waals surface area contributed by atoms with Gasteiger partial charge in [-0.3, -0.25) is 9.69 Å². The van der Waals surface area contributed by atoms with Gasteiger partial charge in [0.05, 0.1) is 27.8 Å². The van der Waals surface area contributed by atoms with Crippen molar-refractivity contribution in [1.82, 2.24) is 4.90 Å². The summed E-state index contributed by atoms with van der Waals surface area (Å²) in [5, 5.41) is 8.79. The Kier molecular flexibility index (Phi) is 6.81. The van der Waals surface area contributed by atoms with Gasteiger partial charge in [-0.2, -0.15) is 0 Å². The molecule has 0 aliphatic carbocycles. The van der Waals surface area contributed by atoms with Gasteiger partial charge in [-0.1, -0.05) is 6.92 Å². The highest BCUT2D eigenvalue weighted by Crippen LogP contribution is 2.35. The molecule has 0 saturated carbocycles. The van der Waals surface area contributed by atoms with Crippen molar-refractivity contribution in [1.29, 1.82) is 0 Å². The molecule has 0 amide bonds. The molecule has 0 spiro atoms. The molecule has 6 heteroatoms. The molecule has 0 aliphatic heterocycles. The maximum Gasteiger partial charge on any atom is 0.304 e. The van der Waals surface area contributed by atoms with Gasteiger partial charge in [0, 0.05) is 24.7 Å². The van der Waals surface area contributed by atoms with E-state index in [4.69, 9.17) is 19.3 Å². The van der Waals surface area contributed by atoms with Crippen LogP contribution in [0.5, 0.6) is 17.2 Å². The van der Waals surface area contributed by atoms with Crippen molar-refractivity contribution in [2.24, 2.45) is 0 Å². The van der Waals surface area contributed by atoms with Crippen LogP contribution in [0, 0.1) is 0 Å². The van der Waals surface area contributed by atoms with E-state index < -0.39 is 5.97 Å². The lowest BCUT2D eigenvalue weighted by Crippen LogP contribution is -2.26. The lowest BCUT2D eigenvalue weighted by Gasteiger charge is -2.22. The topological polar surface area (TPSA) is 68.2 Å². The van der Waals surface area contributed by atoms with Crippen molar-refractivity contribution in [3.05, 3.63) is 17.7 Å². The summed E-state index contributed by atoms with van der Waals surface area (Å²) in [5.74, 6) is 1.13. The van der Waals surface area contributed by atoms with Crippen molar-refractivity contribution >= 4 is 5.97 Å². The van der Waals surface area contributed by atoms with Crippen LogP contribution in [0.3, 0.4) is 0 Å². The second-order valence-electron chi connectivity index (χ2n) is 4.53. The average Bonchev–Trinajstić information content (AvgIpc) is 2.50. The Bertz CT molecular complexity index is 475. The number of ether oxygens (including phenoxy) is 3. The van der Waals surface area contributed by atoms with Crippen molar-refractivity contribution in [2.45, 2.75) is 19.9 Å². The molecule has 1 N–H and O–H groups in total. The van der Waals surface area contributed by atoms with Crippen LogP contribution in [0.15, 0.2) is 12.1 Å². The third-order valence-electron chi connectivity index (χ3n) is 3.27. The summed E-state index contributed by atoms with van der Waals surface area (Å²) in [6.45, 7) is 3.83. The summed E-state index contributed by atoms with van der Waals surface area (Å²) < 4.78 is 15.9. The lowest BCUT2D eigenvalue weighted by atomic mass is 10.1. The number of hydrogen-bond donors (Lipinski definition) is 1. The molecular weight excluding hydrogens is 274 g/mol. The van der Waals surface area contributed by atoms with E-state index in [0.717, 1.165) is 12.1 Å². The molecule has 118 valence electrons. The molecule has 1 rings (SSSR count). The van der Waals surface area contributed by atoms with E-state index >= 15 is 0 Å². The van der Waals surface area contributed by atoms with Crippen LogP contribution in [0.4, 0.5) is 0 Å². The minimum Gasteiger partial charge on any atom is -0.496 e. The lowest BCUT2D eigenvalue weighted by molar-refractivity contribution is -0.137. The fourth-order valence-corrected chi connectivity index (χ4v) is 2.06. The predicted molar refractivity (Wildman–Crippen MR) is 79.3 cm³/mol. The number of carbonyl (C=O) groups is 1. The zero-order chi connectivity index (χ0) is 15.8. The van der Waals surface area contributed by atoms with Gasteiger partial charge in [0.2, 0.25) is 0 Å². The molecule has 0 bridgehead atoms. The van der Waals surface area contributed by atoms with Crippen LogP contribution in [0.25, 0.3) is 0 Å². The Hall–Kier alpha value is -1.95. The molecule has 0 atom stereocenters. The van der Waals surface area contributed by atoms with Crippen LogP contribution in [-0.2, 0) is 11.3 Å². The first-order valence-corrected chi connectivity index (χ1v) is 6.78. The number of methoxy groups -OCH3 is 3. The highest BCUT2D eigenvalue weighted by Gasteiger charge is 2.14. The molecule has 0 saturated heterocycles. The van der Waals surface area contributed by atoms with Crippen LogP contribution < -0.4 is 14.2 Å². The highest BCUT2D eigenvalue weighted by molar-refractivity contribution is 5.66. The van der Waals surface area contributed by atoms with Gasteiger partial charge >= 0.3 is 5.97 Å². The van der Waals surface area contributed by atoms with Crippen LogP contribution in [-0.4, -0.2) is 50.4 Å². The number of carboxylic acid groups (broad SMARTS) is 1. The van der Waals surface area contributed by atoms with E-state index in [0.29, 0.717) is 30.3 Å². The Morgan fingerprint density at radius 3 is 2.14 bits per heavy atom. The number of aliphatic carboxylic acids is 1. The second-order valence-corrected chi connectivity index (χ2v) is 4.53. The number of carboxylic acids is 1. The standard InChI is InChI=1S/C15H23NO5/c1-5-16(7-6-15(17)18)10-11-8-13(20-3)14(21-4)9-12(11)19-2/h8-9H,5-7,10H2,1-4H3,(H,17,18). The Balaban J connectivity index is 2.96. The van der Waals surface area contributed by atoms with E-state index in [-0.39, 0.29) is 6.42 Å². The normalized spacial score (nSPS) is 10.5. The van der Waals surface area contributed by atoms with Gasteiger partial charge in [0.15, 0.2) is 11.5 Å². The summed E-state index contributed by atoms with van der Waals surface area (Å²) >= 11 is 0. The first-order valence-electron chi connectivity index (χ1n) is 6.78. The molecule has 0 radical (unpaired) electrons. The van der Waals surface area contributed by atoms with E-state index in [1.807, 2.05) is 17.9 Å². The van der Waals surface area contributed by atoms with Gasteiger partial charge in [0.25, 0.3) is 0 Å². The Morgan fingerprint density at radius 1 is 1.10 bits per heavy atom. The van der Waals surface area contributed by atoms with Crippen LogP contribution in [0.1, 0.15) is 18.9 Å². The quantitative estimate of drug-likeness (QED) is 0.752. The fraction of sp³-hybridized carbons (Fsp3) is 0.533. The number of hydrogen-bond acceptors (Lipinski definition) is 5. The van der Waals surface area contributed by atoms with Crippen molar-refractivity contribution in [3.63, 3.8) is 0 Å². The largest absolute Gasteiger partial charge is 0.496 e. The maximum absolute atomic E-state index is 10.7. The third-order valence-corrected chi connectivity index (χ3v) is 3.27. The monoisotopic (exact) mass is 297 g/mol. The van der Waals surface area contributed by atoms with Gasteiger partial charge in [0.1, 0.15) is 5.75 Å². The minimum atomic E-state index is -0.798. The number of benzene rings is 1. The number of nitrogens with zero attached hydrogens (tertiary/aromatic N) is 1. The predicted octanol–water partition coefficient (Wildman–Crippen LogP) is 2.01. The SMILES string of the molecule is CCN(CCC(=O)O)Cc1cc(OC)c(OC)cc1OC. The molecule has 0 aliphatic rings. The molecule has 0 heterocycles. The average molecular weight is 297 g/mol. The van der Waals surface area contributed by atoms with Gasteiger partial charge in [-0.05, 0) is 12.6 Å². The van der Waals surface area contributed by atoms with Gasteiger partial charge in [-0.25, -0.2) is 0 Å². The summed E-state index contributed by atoms with van der Waals surface area (Å²) in [7, 11) is 4.75. The smallest absolute Gasteiger partial charge is 0.304 e. The van der Waals surface area contributed by atoms with Crippen LogP contribution >= 0.6 is 0 Å². The molecule has 0 fully saturated rings. The molecule has 0 aromatic heterocycles. The van der Waals surface area contributed by atoms with Crippen LogP contribution in [0.2, 0.25) is 0 Å². The highest BCUT2D eigenvalue weighted by atomic mass is 16.5. The van der Waals surface area contributed by atoms with E-state index in [9.17, 15) is 4.79 Å². The number of rotatable bonds is 9. The van der Waals surface area contributed by atoms with E-state index in [1.54, 1.807) is 27.4 Å². The molecule has 1 aromatic carbocycles. The second kappa shape index (κ2) is 8.36. The minimum absolute atomic E-state index is 0.115. The summed E-state index contributed by atoms with van der Waals surface area (Å²) in [5.41, 5.74) is 0.933. The van der Waals surface area contributed by atoms with E-state index in [1.165, 1.54) is 0 Å². The zero-order valence-electron chi connectivity index (χ0n) is 13.0. The van der Waals surface area contributed by atoms with Gasteiger partial charge < -0.3 is 19.3 Å². The third kappa shape index (κ3) is 4.82. The van der Waals surface area contributed by atoms with Crippen molar-refractivity contribution < 1.29 is 24.1 Å². The Morgan fingerprint density at radius 2 is 1.67 bits per heavy atom. The molecule has 21 heavy (non-hydrogen) atoms. The Labute approximate surface area is 125 Å². The van der Waals surface area contributed by atoms with Crippen molar-refractivity contribution in [3.8, 4) is 17.2 Å². The molecule has 1 aromatic rings. The van der Waals surface area contributed by atoms with E-state index in [2.05, 4.69) is 0 Å². The molecule has 6 nitrogen and oxygen atoms in total. The summed E-state index contributed by atoms with van der Waals surface area (Å²) in [6, 6.07) is 3.64. The first kappa shape index (κ1) is 17.1. The zero-order valence-corrected chi connectivity index (χ0v) is 13.0. The summed E-state index contributed by atoms with van der Waals surface area (Å²) in [6.07, 6.45) is 0.115. The van der Waals surface area contributed by atoms with Crippen molar-refractivity contribution in [2.75, 3.05) is 34.4 Å². The molecular formula is C15H23NO5. The van der Waals surface area contributed by atoms with Gasteiger partial charge in [-0.15, -0.1) is 0 Å². The first-order chi connectivity index (χ1) is 10.0.